The van der Waals surface area contributed by atoms with Crippen molar-refractivity contribution in [2.75, 3.05) is 0 Å². The van der Waals surface area contributed by atoms with E-state index in [0.29, 0.717) is 0 Å². The zero-order valence-electron chi connectivity index (χ0n) is 11.4. The van der Waals surface area contributed by atoms with E-state index in [0.717, 1.165) is 8.19 Å². The lowest BCUT2D eigenvalue weighted by atomic mass is 10.1. The van der Waals surface area contributed by atoms with Gasteiger partial charge in [-0.3, -0.25) is 4.98 Å². The Bertz CT molecular complexity index is 243. The number of hydrogen-bond acceptors (Lipinski definition) is 1. The second-order valence-electron chi connectivity index (χ2n) is 4.97. The maximum absolute atomic E-state index is 4.36. The average molecular weight is 253 g/mol. The Morgan fingerprint density at radius 3 is 2.00 bits per heavy atom. The summed E-state index contributed by atoms with van der Waals surface area (Å²) in [6, 6.07) is 0. The lowest BCUT2D eigenvalue weighted by Crippen LogP contribution is -1.85. The van der Waals surface area contributed by atoms with Crippen molar-refractivity contribution in [2.45, 2.75) is 77.6 Å². The van der Waals surface area contributed by atoms with Gasteiger partial charge in [0.25, 0.3) is 0 Å². The fourth-order valence-corrected chi connectivity index (χ4v) is 3.03. The zero-order chi connectivity index (χ0) is 12.2. The summed E-state index contributed by atoms with van der Waals surface area (Å²) >= 11 is 0. The van der Waals surface area contributed by atoms with Gasteiger partial charge < -0.3 is 0 Å². The van der Waals surface area contributed by atoms with Crippen LogP contribution in [0.5, 0.6) is 0 Å². The van der Waals surface area contributed by atoms with Gasteiger partial charge in [-0.25, -0.2) is 0 Å². The van der Waals surface area contributed by atoms with Gasteiger partial charge >= 0.3 is 0 Å². The van der Waals surface area contributed by atoms with Crippen LogP contribution in [0, 0.1) is 0 Å². The molecule has 0 aliphatic carbocycles. The van der Waals surface area contributed by atoms with Gasteiger partial charge in [0.2, 0.25) is 0 Å². The SMILES string of the molecule is CCCCCCCCCCCCc1ncc[pH]1. The van der Waals surface area contributed by atoms with Crippen LogP contribution < -0.4 is 0 Å². The van der Waals surface area contributed by atoms with Crippen LogP contribution in [0.3, 0.4) is 0 Å². The fraction of sp³-hybridized carbons (Fsp3) is 0.800. The van der Waals surface area contributed by atoms with Crippen LogP contribution in [0.2, 0.25) is 0 Å². The van der Waals surface area contributed by atoms with Crippen LogP contribution >= 0.6 is 8.19 Å². The van der Waals surface area contributed by atoms with E-state index in [9.17, 15) is 0 Å². The molecule has 98 valence electrons. The van der Waals surface area contributed by atoms with Gasteiger partial charge in [-0.2, -0.15) is 0 Å². The van der Waals surface area contributed by atoms with Crippen LogP contribution in [-0.2, 0) is 6.42 Å². The molecule has 1 nitrogen and oxygen atoms in total. The van der Waals surface area contributed by atoms with E-state index < -0.39 is 0 Å². The molecule has 0 saturated heterocycles. The first-order valence-electron chi connectivity index (χ1n) is 7.41. The van der Waals surface area contributed by atoms with E-state index >= 15 is 0 Å². The van der Waals surface area contributed by atoms with Gasteiger partial charge in [-0.1, -0.05) is 64.7 Å². The predicted octanol–water partition coefficient (Wildman–Crippen LogP) is 5.58. The molecule has 2 heteroatoms. The number of hydrogen-bond donors (Lipinski definition) is 0. The van der Waals surface area contributed by atoms with Gasteiger partial charge in [0.1, 0.15) is 0 Å². The highest BCUT2D eigenvalue weighted by molar-refractivity contribution is 7.29. The van der Waals surface area contributed by atoms with Crippen molar-refractivity contribution in [1.29, 1.82) is 0 Å². The molecule has 0 amide bonds. The molecule has 1 atom stereocenters. The van der Waals surface area contributed by atoms with Gasteiger partial charge in [-0.15, -0.1) is 8.19 Å². The van der Waals surface area contributed by atoms with Crippen molar-refractivity contribution in [1.82, 2.24) is 4.98 Å². The Morgan fingerprint density at radius 1 is 0.882 bits per heavy atom. The van der Waals surface area contributed by atoms with E-state index in [4.69, 9.17) is 0 Å². The molecule has 0 spiro atoms. The van der Waals surface area contributed by atoms with Crippen molar-refractivity contribution in [3.05, 3.63) is 17.4 Å². The summed E-state index contributed by atoms with van der Waals surface area (Å²) in [7, 11) is 0.881. The van der Waals surface area contributed by atoms with E-state index in [1.54, 1.807) is 0 Å². The third-order valence-corrected chi connectivity index (χ3v) is 4.35. The standard InChI is InChI=1S/C15H28NP/c1-2-3-4-5-6-7-8-9-10-11-12-15-16-13-14-17-15/h13-14,17H,2-12H2,1H3. The Hall–Kier alpha value is -0.290. The minimum Gasteiger partial charge on any atom is -0.257 e. The summed E-state index contributed by atoms with van der Waals surface area (Å²) in [4.78, 5) is 4.36. The second kappa shape index (κ2) is 10.8. The number of rotatable bonds is 11. The quantitative estimate of drug-likeness (QED) is 0.469. The molecule has 1 aromatic rings. The Kier molecular flexibility index (Phi) is 9.42. The van der Waals surface area contributed by atoms with Crippen molar-refractivity contribution < 1.29 is 0 Å². The number of nitrogens with zero attached hydrogens (tertiary/aromatic N) is 1. The summed E-state index contributed by atoms with van der Waals surface area (Å²) in [6.07, 6.45) is 17.4. The lowest BCUT2D eigenvalue weighted by Gasteiger charge is -2.01. The largest absolute Gasteiger partial charge is 0.257 e. The third kappa shape index (κ3) is 8.44. The second-order valence-corrected chi connectivity index (χ2v) is 6.17. The van der Waals surface area contributed by atoms with Crippen molar-refractivity contribution in [3.8, 4) is 0 Å². The summed E-state index contributed by atoms with van der Waals surface area (Å²) in [6.45, 7) is 2.28. The average Bonchev–Trinajstić information content (AvgIpc) is 2.85. The maximum atomic E-state index is 4.36. The van der Waals surface area contributed by atoms with Gasteiger partial charge in [-0.05, 0) is 18.6 Å². The molecule has 0 aliphatic rings. The van der Waals surface area contributed by atoms with Crippen LogP contribution in [0.4, 0.5) is 0 Å². The van der Waals surface area contributed by atoms with Gasteiger partial charge in [0, 0.05) is 6.20 Å². The van der Waals surface area contributed by atoms with E-state index in [-0.39, 0.29) is 0 Å². The Morgan fingerprint density at radius 2 is 1.47 bits per heavy atom. The van der Waals surface area contributed by atoms with Crippen LogP contribution in [0.1, 0.15) is 76.6 Å². The molecule has 1 unspecified atom stereocenters. The first-order chi connectivity index (χ1) is 8.43. The molecule has 1 heterocycles. The van der Waals surface area contributed by atoms with Crippen molar-refractivity contribution >= 4 is 8.19 Å². The summed E-state index contributed by atoms with van der Waals surface area (Å²) in [5.74, 6) is 2.19. The molecule has 0 saturated carbocycles. The molecule has 17 heavy (non-hydrogen) atoms. The first-order valence-corrected chi connectivity index (χ1v) is 8.49. The monoisotopic (exact) mass is 253 g/mol. The van der Waals surface area contributed by atoms with Crippen LogP contribution in [-0.4, -0.2) is 4.98 Å². The molecular formula is C15H28NP. The highest BCUT2D eigenvalue weighted by atomic mass is 31.0. The predicted molar refractivity (Wildman–Crippen MR) is 79.3 cm³/mol. The van der Waals surface area contributed by atoms with E-state index in [2.05, 4.69) is 17.7 Å². The Labute approximate surface area is 109 Å². The molecule has 0 N–H and O–H groups in total. The summed E-state index contributed by atoms with van der Waals surface area (Å²) in [5.41, 5.74) is 1.42. The fourth-order valence-electron chi connectivity index (χ4n) is 2.21. The molecule has 0 aliphatic heterocycles. The maximum Gasteiger partial charge on any atom is 0.0561 e. The molecule has 1 aromatic heterocycles. The molecule has 0 aromatic carbocycles. The van der Waals surface area contributed by atoms with Crippen molar-refractivity contribution in [2.24, 2.45) is 0 Å². The minimum atomic E-state index is 0.881. The highest BCUT2D eigenvalue weighted by Gasteiger charge is 1.95. The normalized spacial score (nSPS) is 11.4. The van der Waals surface area contributed by atoms with Crippen molar-refractivity contribution in [3.63, 3.8) is 0 Å². The zero-order valence-corrected chi connectivity index (χ0v) is 12.4. The van der Waals surface area contributed by atoms with Gasteiger partial charge in [0.15, 0.2) is 0 Å². The van der Waals surface area contributed by atoms with Gasteiger partial charge in [0.05, 0.1) is 5.43 Å². The molecule has 0 bridgehead atoms. The smallest absolute Gasteiger partial charge is 0.0561 e. The van der Waals surface area contributed by atoms with Crippen LogP contribution in [0.15, 0.2) is 12.0 Å². The van der Waals surface area contributed by atoms with E-state index in [1.807, 2.05) is 6.20 Å². The Balaban J connectivity index is 1.76. The molecule has 1 rings (SSSR count). The van der Waals surface area contributed by atoms with E-state index in [1.165, 1.54) is 76.1 Å². The summed E-state index contributed by atoms with van der Waals surface area (Å²) < 4.78 is 0. The number of aryl methyl sites for hydroxylation is 1. The molecule has 0 radical (unpaired) electrons. The molecular weight excluding hydrogens is 225 g/mol. The van der Waals surface area contributed by atoms with Crippen LogP contribution in [0.25, 0.3) is 0 Å². The highest BCUT2D eigenvalue weighted by Crippen LogP contribution is 2.15. The number of unbranched alkanes of at least 4 members (excludes halogenated alkanes) is 9. The minimum absolute atomic E-state index is 0.881. The number of aromatic nitrogens is 1. The first kappa shape index (κ1) is 14.8. The summed E-state index contributed by atoms with van der Waals surface area (Å²) in [5, 5.41) is 0. The molecule has 0 fully saturated rings. The third-order valence-electron chi connectivity index (χ3n) is 3.32. The lowest BCUT2D eigenvalue weighted by molar-refractivity contribution is 0.556. The topological polar surface area (TPSA) is 12.9 Å².